The number of nitrogens with two attached hydrogens (primary N) is 1. The largest absolute Gasteiger partial charge is 0.497 e. The van der Waals surface area contributed by atoms with E-state index in [2.05, 4.69) is 18.2 Å². The number of ether oxygens (including phenoxy) is 1. The normalized spacial score (nSPS) is 17.7. The van der Waals surface area contributed by atoms with E-state index in [1.54, 1.807) is 7.11 Å². The fourth-order valence-electron chi connectivity index (χ4n) is 2.72. The van der Waals surface area contributed by atoms with Crippen molar-refractivity contribution in [2.75, 3.05) is 13.7 Å². The summed E-state index contributed by atoms with van der Waals surface area (Å²) in [4.78, 5) is 1.45. The molecule has 0 amide bonds. The van der Waals surface area contributed by atoms with E-state index in [1.165, 1.54) is 34.2 Å². The summed E-state index contributed by atoms with van der Waals surface area (Å²) >= 11 is 1.88. The zero-order chi connectivity index (χ0) is 12.5. The van der Waals surface area contributed by atoms with E-state index < -0.39 is 0 Å². The second-order valence-electron chi connectivity index (χ2n) is 5.09. The zero-order valence-electron chi connectivity index (χ0n) is 10.7. The molecule has 18 heavy (non-hydrogen) atoms. The molecule has 1 aromatic carbocycles. The van der Waals surface area contributed by atoms with E-state index in [1.807, 2.05) is 17.4 Å². The van der Waals surface area contributed by atoms with Gasteiger partial charge in [-0.2, -0.15) is 0 Å². The average Bonchev–Trinajstić information content (AvgIpc) is 2.75. The quantitative estimate of drug-likeness (QED) is 0.909. The molecule has 96 valence electrons. The van der Waals surface area contributed by atoms with Crippen LogP contribution in [0.3, 0.4) is 0 Å². The first-order valence-corrected chi connectivity index (χ1v) is 7.41. The Labute approximate surface area is 112 Å². The van der Waals surface area contributed by atoms with Crippen LogP contribution in [0.15, 0.2) is 24.3 Å². The molecule has 1 aromatic heterocycles. The van der Waals surface area contributed by atoms with Gasteiger partial charge in [-0.1, -0.05) is 6.42 Å². The first-order valence-electron chi connectivity index (χ1n) is 6.59. The summed E-state index contributed by atoms with van der Waals surface area (Å²) < 4.78 is 6.59. The third kappa shape index (κ3) is 2.02. The van der Waals surface area contributed by atoms with E-state index in [9.17, 15) is 0 Å². The van der Waals surface area contributed by atoms with Crippen LogP contribution >= 0.6 is 11.3 Å². The van der Waals surface area contributed by atoms with Crippen LogP contribution < -0.4 is 10.5 Å². The summed E-state index contributed by atoms with van der Waals surface area (Å²) in [5.74, 6) is 2.30. The number of hydrogen-bond donors (Lipinski definition) is 1. The van der Waals surface area contributed by atoms with Crippen molar-refractivity contribution in [2.45, 2.75) is 25.2 Å². The van der Waals surface area contributed by atoms with Crippen molar-refractivity contribution in [1.82, 2.24) is 0 Å². The summed E-state index contributed by atoms with van der Waals surface area (Å²) in [6, 6.07) is 8.61. The van der Waals surface area contributed by atoms with Gasteiger partial charge in [-0.05, 0) is 48.4 Å². The number of rotatable bonds is 4. The average molecular weight is 261 g/mol. The first-order chi connectivity index (χ1) is 8.81. The minimum Gasteiger partial charge on any atom is -0.497 e. The van der Waals surface area contributed by atoms with Gasteiger partial charge in [0.1, 0.15) is 5.75 Å². The number of benzene rings is 1. The molecule has 1 heterocycles. The van der Waals surface area contributed by atoms with Crippen molar-refractivity contribution < 1.29 is 4.74 Å². The molecule has 2 nitrogen and oxygen atoms in total. The van der Waals surface area contributed by atoms with Crippen molar-refractivity contribution in [3.63, 3.8) is 0 Å². The third-order valence-electron chi connectivity index (χ3n) is 4.08. The predicted molar refractivity (Wildman–Crippen MR) is 77.5 cm³/mol. The van der Waals surface area contributed by atoms with Crippen molar-refractivity contribution in [3.05, 3.63) is 29.1 Å². The summed E-state index contributed by atoms with van der Waals surface area (Å²) in [6.45, 7) is 0.772. The molecule has 1 unspecified atom stereocenters. The summed E-state index contributed by atoms with van der Waals surface area (Å²) in [7, 11) is 1.72. The highest BCUT2D eigenvalue weighted by Gasteiger charge is 2.28. The maximum Gasteiger partial charge on any atom is 0.120 e. The lowest BCUT2D eigenvalue weighted by molar-refractivity contribution is 0.266. The highest BCUT2D eigenvalue weighted by molar-refractivity contribution is 7.19. The van der Waals surface area contributed by atoms with Crippen LogP contribution in [0, 0.1) is 5.92 Å². The molecule has 0 saturated heterocycles. The Morgan fingerprint density at radius 2 is 2.22 bits per heavy atom. The van der Waals surface area contributed by atoms with Gasteiger partial charge in [0.2, 0.25) is 0 Å². The molecular weight excluding hydrogens is 242 g/mol. The predicted octanol–water partition coefficient (Wildman–Crippen LogP) is 3.75. The molecule has 1 atom stereocenters. The molecule has 3 heteroatoms. The van der Waals surface area contributed by atoms with Crippen molar-refractivity contribution in [2.24, 2.45) is 11.7 Å². The van der Waals surface area contributed by atoms with Crippen LogP contribution in [0.4, 0.5) is 0 Å². The van der Waals surface area contributed by atoms with Gasteiger partial charge in [-0.25, -0.2) is 0 Å². The molecule has 1 fully saturated rings. The monoisotopic (exact) mass is 261 g/mol. The summed E-state index contributed by atoms with van der Waals surface area (Å²) in [5, 5.41) is 1.31. The Balaban J connectivity index is 1.95. The van der Waals surface area contributed by atoms with Gasteiger partial charge < -0.3 is 10.5 Å². The van der Waals surface area contributed by atoms with Crippen LogP contribution in [-0.2, 0) is 0 Å². The molecule has 0 radical (unpaired) electrons. The van der Waals surface area contributed by atoms with Gasteiger partial charge in [0, 0.05) is 22.0 Å². The van der Waals surface area contributed by atoms with Gasteiger partial charge in [-0.15, -0.1) is 11.3 Å². The van der Waals surface area contributed by atoms with E-state index in [0.29, 0.717) is 5.92 Å². The fraction of sp³-hybridized carbons (Fsp3) is 0.467. The van der Waals surface area contributed by atoms with Crippen LogP contribution in [0.5, 0.6) is 5.75 Å². The van der Waals surface area contributed by atoms with Gasteiger partial charge in [0.05, 0.1) is 7.11 Å². The SMILES string of the molecule is COc1ccc2cc(C(CN)C3CCC3)sc2c1. The minimum absolute atomic E-state index is 0.558. The lowest BCUT2D eigenvalue weighted by atomic mass is 9.75. The van der Waals surface area contributed by atoms with Gasteiger partial charge in [0.25, 0.3) is 0 Å². The fourth-order valence-corrected chi connectivity index (χ4v) is 4.02. The van der Waals surface area contributed by atoms with E-state index in [0.717, 1.165) is 18.2 Å². The second kappa shape index (κ2) is 4.90. The molecule has 2 N–H and O–H groups in total. The lowest BCUT2D eigenvalue weighted by Crippen LogP contribution is -2.25. The lowest BCUT2D eigenvalue weighted by Gasteiger charge is -2.32. The van der Waals surface area contributed by atoms with Gasteiger partial charge in [0.15, 0.2) is 0 Å². The van der Waals surface area contributed by atoms with Gasteiger partial charge in [-0.3, -0.25) is 0 Å². The Morgan fingerprint density at radius 3 is 2.83 bits per heavy atom. The third-order valence-corrected chi connectivity index (χ3v) is 5.31. The summed E-state index contributed by atoms with van der Waals surface area (Å²) in [6.07, 6.45) is 4.07. The van der Waals surface area contributed by atoms with Crippen LogP contribution in [0.1, 0.15) is 30.1 Å². The van der Waals surface area contributed by atoms with E-state index in [-0.39, 0.29) is 0 Å². The molecule has 1 aliphatic rings. The van der Waals surface area contributed by atoms with Crippen LogP contribution in [-0.4, -0.2) is 13.7 Å². The Kier molecular flexibility index (Phi) is 3.27. The molecule has 0 bridgehead atoms. The number of hydrogen-bond acceptors (Lipinski definition) is 3. The molecule has 3 rings (SSSR count). The van der Waals surface area contributed by atoms with Crippen LogP contribution in [0.25, 0.3) is 10.1 Å². The van der Waals surface area contributed by atoms with Crippen molar-refractivity contribution >= 4 is 21.4 Å². The molecular formula is C15H19NOS. The Morgan fingerprint density at radius 1 is 1.39 bits per heavy atom. The molecule has 1 aliphatic carbocycles. The second-order valence-corrected chi connectivity index (χ2v) is 6.20. The van der Waals surface area contributed by atoms with E-state index in [4.69, 9.17) is 10.5 Å². The standard InChI is InChI=1S/C15H19NOS/c1-17-12-6-5-11-7-15(18-14(11)8-12)13(9-16)10-3-2-4-10/h5-8,10,13H,2-4,9,16H2,1H3. The number of thiophene rings is 1. The zero-order valence-corrected chi connectivity index (χ0v) is 11.5. The van der Waals surface area contributed by atoms with Gasteiger partial charge >= 0.3 is 0 Å². The Bertz CT molecular complexity index is 544. The van der Waals surface area contributed by atoms with Crippen molar-refractivity contribution in [3.8, 4) is 5.75 Å². The first kappa shape index (κ1) is 12.0. The maximum absolute atomic E-state index is 5.98. The molecule has 2 aromatic rings. The van der Waals surface area contributed by atoms with E-state index >= 15 is 0 Å². The van der Waals surface area contributed by atoms with Crippen molar-refractivity contribution in [1.29, 1.82) is 0 Å². The molecule has 0 spiro atoms. The summed E-state index contributed by atoms with van der Waals surface area (Å²) in [5.41, 5.74) is 5.98. The molecule has 0 aliphatic heterocycles. The van der Waals surface area contributed by atoms with Crippen LogP contribution in [0.2, 0.25) is 0 Å². The minimum atomic E-state index is 0.558. The maximum atomic E-state index is 5.98. The number of fused-ring (bicyclic) bond motifs is 1. The topological polar surface area (TPSA) is 35.2 Å². The highest BCUT2D eigenvalue weighted by atomic mass is 32.1. The number of methoxy groups -OCH3 is 1. The molecule has 1 saturated carbocycles. The highest BCUT2D eigenvalue weighted by Crippen LogP contribution is 2.42. The Hall–Kier alpha value is -1.06. The smallest absolute Gasteiger partial charge is 0.120 e.